The van der Waals surface area contributed by atoms with Gasteiger partial charge >= 0.3 is 5.97 Å². The molecule has 1 aliphatic rings. The van der Waals surface area contributed by atoms with E-state index in [0.29, 0.717) is 48.4 Å². The van der Waals surface area contributed by atoms with E-state index in [1.165, 1.54) is 26.4 Å². The van der Waals surface area contributed by atoms with Crippen LogP contribution in [0.2, 0.25) is 5.02 Å². The van der Waals surface area contributed by atoms with E-state index >= 15 is 0 Å². The molecule has 0 aliphatic carbocycles. The number of halogens is 1. The molecule has 2 rings (SSSR count). The fraction of sp³-hybridized carbons (Fsp3) is 0.412. The second-order valence-electron chi connectivity index (χ2n) is 5.17. The predicted molar refractivity (Wildman–Crippen MR) is 91.9 cm³/mol. The number of carbonyl (C=O) groups is 2. The van der Waals surface area contributed by atoms with Gasteiger partial charge in [-0.3, -0.25) is 4.79 Å². The Hall–Kier alpha value is -2.25. The monoisotopic (exact) mass is 369 g/mol. The molecule has 1 aliphatic heterocycles. The molecule has 7 nitrogen and oxygen atoms in total. The zero-order chi connectivity index (χ0) is 18.2. The molecule has 25 heavy (non-hydrogen) atoms. The summed E-state index contributed by atoms with van der Waals surface area (Å²) < 4.78 is 20.5. The van der Waals surface area contributed by atoms with Crippen molar-refractivity contribution < 1.29 is 28.5 Å². The van der Waals surface area contributed by atoms with E-state index in [0.717, 1.165) is 0 Å². The standard InChI is InChI=1S/C17H20ClNO6/c1-22-14-10-12(9-13(18)17(14)23-2)3-4-16(21)25-11-15(20)19-5-7-24-8-6-19/h3-4,9-10H,5-8,11H2,1-2H3. The van der Waals surface area contributed by atoms with Crippen molar-refractivity contribution in [3.05, 3.63) is 28.8 Å². The van der Waals surface area contributed by atoms with Gasteiger partial charge in [-0.2, -0.15) is 0 Å². The number of nitrogens with zero attached hydrogens (tertiary/aromatic N) is 1. The maximum atomic E-state index is 11.9. The maximum Gasteiger partial charge on any atom is 0.331 e. The van der Waals surface area contributed by atoms with Crippen LogP contribution in [0.1, 0.15) is 5.56 Å². The first-order valence-corrected chi connectivity index (χ1v) is 8.05. The summed E-state index contributed by atoms with van der Waals surface area (Å²) in [4.78, 5) is 25.3. The summed E-state index contributed by atoms with van der Waals surface area (Å²) in [5, 5.41) is 0.359. The third kappa shape index (κ3) is 5.37. The number of rotatable bonds is 6. The molecule has 1 aromatic rings. The van der Waals surface area contributed by atoms with Gasteiger partial charge in [0.25, 0.3) is 5.91 Å². The molecule has 0 bridgehead atoms. The number of esters is 1. The molecule has 136 valence electrons. The van der Waals surface area contributed by atoms with Gasteiger partial charge in [-0.1, -0.05) is 11.6 Å². The first kappa shape index (κ1) is 19.1. The molecule has 0 aromatic heterocycles. The lowest BCUT2D eigenvalue weighted by atomic mass is 10.2. The smallest absolute Gasteiger partial charge is 0.331 e. The Balaban J connectivity index is 1.91. The van der Waals surface area contributed by atoms with Gasteiger partial charge in [0.05, 0.1) is 32.5 Å². The number of morpholine rings is 1. The molecule has 0 atom stereocenters. The van der Waals surface area contributed by atoms with Gasteiger partial charge in [0, 0.05) is 19.2 Å². The number of ether oxygens (including phenoxy) is 4. The van der Waals surface area contributed by atoms with E-state index in [2.05, 4.69) is 0 Å². The number of methoxy groups -OCH3 is 2. The van der Waals surface area contributed by atoms with Crippen LogP contribution in [0, 0.1) is 0 Å². The van der Waals surface area contributed by atoms with Crippen molar-refractivity contribution in [3.8, 4) is 11.5 Å². The fourth-order valence-corrected chi connectivity index (χ4v) is 2.58. The van der Waals surface area contributed by atoms with Crippen molar-refractivity contribution in [3.63, 3.8) is 0 Å². The quantitative estimate of drug-likeness (QED) is 0.562. The minimum absolute atomic E-state index is 0.237. The minimum Gasteiger partial charge on any atom is -0.493 e. The molecule has 1 saturated heterocycles. The number of carbonyl (C=O) groups excluding carboxylic acids is 2. The van der Waals surface area contributed by atoms with Gasteiger partial charge in [0.1, 0.15) is 0 Å². The number of hydrogen-bond donors (Lipinski definition) is 0. The topological polar surface area (TPSA) is 74.3 Å². The van der Waals surface area contributed by atoms with Crippen molar-refractivity contribution in [1.82, 2.24) is 4.90 Å². The van der Waals surface area contributed by atoms with Crippen LogP contribution >= 0.6 is 11.6 Å². The Kier molecular flexibility index (Phi) is 7.09. The van der Waals surface area contributed by atoms with Crippen LogP contribution in [0.15, 0.2) is 18.2 Å². The Morgan fingerprint density at radius 2 is 1.96 bits per heavy atom. The third-order valence-electron chi connectivity index (χ3n) is 3.57. The fourth-order valence-electron chi connectivity index (χ4n) is 2.28. The molecule has 1 aromatic carbocycles. The molecular weight excluding hydrogens is 350 g/mol. The van der Waals surface area contributed by atoms with Crippen LogP contribution < -0.4 is 9.47 Å². The molecule has 0 spiro atoms. The van der Waals surface area contributed by atoms with Gasteiger partial charge in [0.15, 0.2) is 18.1 Å². The minimum atomic E-state index is -0.618. The lowest BCUT2D eigenvalue weighted by molar-refractivity contribution is -0.150. The van der Waals surface area contributed by atoms with Crippen LogP contribution in [0.4, 0.5) is 0 Å². The Morgan fingerprint density at radius 3 is 2.60 bits per heavy atom. The number of amides is 1. The molecule has 1 amide bonds. The molecule has 0 unspecified atom stereocenters. The number of benzene rings is 1. The van der Waals surface area contributed by atoms with Gasteiger partial charge in [-0.05, 0) is 23.8 Å². The van der Waals surface area contributed by atoms with Crippen LogP contribution in [0.5, 0.6) is 11.5 Å². The van der Waals surface area contributed by atoms with Crippen molar-refractivity contribution in [2.45, 2.75) is 0 Å². The third-order valence-corrected chi connectivity index (χ3v) is 3.85. The Morgan fingerprint density at radius 1 is 1.24 bits per heavy atom. The van der Waals surface area contributed by atoms with Crippen molar-refractivity contribution in [2.24, 2.45) is 0 Å². The van der Waals surface area contributed by atoms with Crippen LogP contribution in [-0.2, 0) is 19.1 Å². The summed E-state index contributed by atoms with van der Waals surface area (Å²) in [7, 11) is 2.98. The van der Waals surface area contributed by atoms with Crippen LogP contribution in [0.25, 0.3) is 6.08 Å². The summed E-state index contributed by atoms with van der Waals surface area (Å²) in [6.07, 6.45) is 2.75. The first-order valence-electron chi connectivity index (χ1n) is 7.67. The van der Waals surface area contributed by atoms with Gasteiger partial charge < -0.3 is 23.8 Å². The highest BCUT2D eigenvalue weighted by atomic mass is 35.5. The number of hydrogen-bond acceptors (Lipinski definition) is 6. The molecular formula is C17H20ClNO6. The van der Waals surface area contributed by atoms with E-state index in [1.54, 1.807) is 17.0 Å². The molecule has 0 N–H and O–H groups in total. The van der Waals surface area contributed by atoms with Gasteiger partial charge in [-0.25, -0.2) is 4.79 Å². The average Bonchev–Trinajstić information content (AvgIpc) is 2.64. The van der Waals surface area contributed by atoms with Gasteiger partial charge in [-0.15, -0.1) is 0 Å². The Labute approximate surface area is 151 Å². The first-order chi connectivity index (χ1) is 12.0. The van der Waals surface area contributed by atoms with Gasteiger partial charge in [0.2, 0.25) is 0 Å². The molecule has 8 heteroatoms. The highest BCUT2D eigenvalue weighted by Gasteiger charge is 2.17. The molecule has 0 radical (unpaired) electrons. The van der Waals surface area contributed by atoms with Crippen LogP contribution in [0.3, 0.4) is 0 Å². The summed E-state index contributed by atoms with van der Waals surface area (Å²) in [6.45, 7) is 1.72. The van der Waals surface area contributed by atoms with Crippen molar-refractivity contribution in [1.29, 1.82) is 0 Å². The largest absolute Gasteiger partial charge is 0.493 e. The summed E-state index contributed by atoms with van der Waals surface area (Å²) in [5.74, 6) is 0.0113. The summed E-state index contributed by atoms with van der Waals surface area (Å²) in [5.41, 5.74) is 0.638. The average molecular weight is 370 g/mol. The lowest BCUT2D eigenvalue weighted by Gasteiger charge is -2.26. The van der Waals surface area contributed by atoms with Crippen LogP contribution in [-0.4, -0.2) is 63.9 Å². The van der Waals surface area contributed by atoms with Crippen molar-refractivity contribution in [2.75, 3.05) is 47.1 Å². The second kappa shape index (κ2) is 9.29. The normalized spacial score (nSPS) is 14.4. The van der Waals surface area contributed by atoms with E-state index in [1.807, 2.05) is 0 Å². The van der Waals surface area contributed by atoms with E-state index in [4.69, 9.17) is 30.5 Å². The maximum absolute atomic E-state index is 11.9. The lowest BCUT2D eigenvalue weighted by Crippen LogP contribution is -2.42. The zero-order valence-corrected chi connectivity index (χ0v) is 14.9. The van der Waals surface area contributed by atoms with E-state index in [-0.39, 0.29) is 12.5 Å². The van der Waals surface area contributed by atoms with E-state index in [9.17, 15) is 9.59 Å². The SMILES string of the molecule is COc1cc(C=CC(=O)OCC(=O)N2CCOCC2)cc(Cl)c1OC. The summed E-state index contributed by atoms with van der Waals surface area (Å²) >= 11 is 6.10. The summed E-state index contributed by atoms with van der Waals surface area (Å²) in [6, 6.07) is 3.30. The van der Waals surface area contributed by atoms with Crippen molar-refractivity contribution >= 4 is 29.6 Å². The zero-order valence-electron chi connectivity index (χ0n) is 14.1. The Bertz CT molecular complexity index is 655. The molecule has 1 heterocycles. The predicted octanol–water partition coefficient (Wildman–Crippen LogP) is 1.77. The highest BCUT2D eigenvalue weighted by Crippen LogP contribution is 2.36. The molecule has 1 fully saturated rings. The highest BCUT2D eigenvalue weighted by molar-refractivity contribution is 6.32. The van der Waals surface area contributed by atoms with E-state index < -0.39 is 5.97 Å². The molecule has 0 saturated carbocycles. The second-order valence-corrected chi connectivity index (χ2v) is 5.58.